The van der Waals surface area contributed by atoms with Gasteiger partial charge in [-0.3, -0.25) is 4.99 Å². The van der Waals surface area contributed by atoms with Crippen LogP contribution in [-0.4, -0.2) is 5.71 Å². The number of benzene rings is 2. The van der Waals surface area contributed by atoms with Gasteiger partial charge in [0.2, 0.25) is 0 Å². The van der Waals surface area contributed by atoms with Crippen molar-refractivity contribution in [1.82, 2.24) is 0 Å². The lowest BCUT2D eigenvalue weighted by Crippen LogP contribution is -2.22. The van der Waals surface area contributed by atoms with E-state index in [1.165, 1.54) is 22.4 Å². The maximum Gasteiger partial charge on any atom is 0.0668 e. The summed E-state index contributed by atoms with van der Waals surface area (Å²) in [5.41, 5.74) is 6.34. The van der Waals surface area contributed by atoms with Crippen LogP contribution in [0.15, 0.2) is 53.5 Å². The van der Waals surface area contributed by atoms with Crippen molar-refractivity contribution >= 4 is 11.4 Å². The van der Waals surface area contributed by atoms with Gasteiger partial charge in [0.15, 0.2) is 0 Å². The molecule has 3 rings (SSSR count). The van der Waals surface area contributed by atoms with Crippen LogP contribution in [0.3, 0.4) is 0 Å². The molecule has 19 heavy (non-hydrogen) atoms. The molecule has 0 N–H and O–H groups in total. The number of rotatable bonds is 0. The molecule has 0 unspecified atom stereocenters. The normalized spacial score (nSPS) is 14.2. The van der Waals surface area contributed by atoms with Gasteiger partial charge < -0.3 is 0 Å². The highest BCUT2D eigenvalue weighted by Crippen LogP contribution is 2.33. The van der Waals surface area contributed by atoms with E-state index >= 15 is 0 Å². The molecule has 0 aliphatic carbocycles. The zero-order valence-electron chi connectivity index (χ0n) is 11.8. The van der Waals surface area contributed by atoms with Gasteiger partial charge in [0.05, 0.1) is 11.4 Å². The van der Waals surface area contributed by atoms with Gasteiger partial charge in [-0.1, -0.05) is 63.2 Å². The summed E-state index contributed by atoms with van der Waals surface area (Å²) in [5.74, 6) is 0. The van der Waals surface area contributed by atoms with Crippen molar-refractivity contribution < 1.29 is 0 Å². The fraction of sp³-hybridized carbons (Fsp3) is 0.278. The second kappa shape index (κ2) is 4.34. The van der Waals surface area contributed by atoms with Gasteiger partial charge in [0.1, 0.15) is 0 Å². The SMILES string of the molecule is CC(C)(C)C1=Nc2ccccc2Cc2ccccc21. The Labute approximate surface area is 115 Å². The molecule has 96 valence electrons. The maximum absolute atomic E-state index is 4.97. The maximum atomic E-state index is 4.97. The quantitative estimate of drug-likeness (QED) is 0.638. The second-order valence-electron chi connectivity index (χ2n) is 6.17. The van der Waals surface area contributed by atoms with Gasteiger partial charge in [-0.05, 0) is 17.2 Å². The molecule has 0 saturated heterocycles. The average molecular weight is 249 g/mol. The first-order chi connectivity index (χ1) is 9.05. The van der Waals surface area contributed by atoms with Crippen molar-refractivity contribution in [2.24, 2.45) is 10.4 Å². The zero-order valence-corrected chi connectivity index (χ0v) is 11.8. The Hall–Kier alpha value is -1.89. The predicted molar refractivity (Wildman–Crippen MR) is 81.3 cm³/mol. The molecule has 0 atom stereocenters. The first-order valence-corrected chi connectivity index (χ1v) is 6.81. The Morgan fingerprint density at radius 2 is 1.47 bits per heavy atom. The largest absolute Gasteiger partial charge is 0.252 e. The molecule has 0 fully saturated rings. The molecule has 2 aromatic carbocycles. The van der Waals surface area contributed by atoms with Crippen LogP contribution in [0.5, 0.6) is 0 Å². The van der Waals surface area contributed by atoms with E-state index in [0.717, 1.165) is 12.1 Å². The van der Waals surface area contributed by atoms with Crippen LogP contribution in [0.1, 0.15) is 37.5 Å². The van der Waals surface area contributed by atoms with Gasteiger partial charge in [0.25, 0.3) is 0 Å². The summed E-state index contributed by atoms with van der Waals surface area (Å²) in [5, 5.41) is 0. The van der Waals surface area contributed by atoms with Crippen LogP contribution < -0.4 is 0 Å². The highest BCUT2D eigenvalue weighted by Gasteiger charge is 2.25. The highest BCUT2D eigenvalue weighted by atomic mass is 14.8. The van der Waals surface area contributed by atoms with Gasteiger partial charge in [-0.15, -0.1) is 0 Å². The lowest BCUT2D eigenvalue weighted by Gasteiger charge is -2.22. The molecule has 1 aliphatic heterocycles. The zero-order chi connectivity index (χ0) is 13.5. The Morgan fingerprint density at radius 1 is 0.842 bits per heavy atom. The molecule has 2 aromatic rings. The summed E-state index contributed by atoms with van der Waals surface area (Å²) >= 11 is 0. The Kier molecular flexibility index (Phi) is 2.78. The van der Waals surface area contributed by atoms with Crippen molar-refractivity contribution in [3.8, 4) is 0 Å². The number of hydrogen-bond donors (Lipinski definition) is 0. The molecular formula is C18H19N. The van der Waals surface area contributed by atoms with Crippen LogP contribution in [0.4, 0.5) is 5.69 Å². The fourth-order valence-electron chi connectivity index (χ4n) is 2.63. The van der Waals surface area contributed by atoms with Crippen LogP contribution in [-0.2, 0) is 6.42 Å². The molecule has 1 heterocycles. The van der Waals surface area contributed by atoms with Crippen LogP contribution >= 0.6 is 0 Å². The first kappa shape index (κ1) is 12.2. The second-order valence-corrected chi connectivity index (χ2v) is 6.17. The molecule has 1 heteroatoms. The third kappa shape index (κ3) is 2.21. The third-order valence-electron chi connectivity index (χ3n) is 3.59. The topological polar surface area (TPSA) is 12.4 Å². The summed E-state index contributed by atoms with van der Waals surface area (Å²) in [4.78, 5) is 4.97. The standard InChI is InChI=1S/C18H19N/c1-18(2,3)17-15-10-6-4-8-13(15)12-14-9-5-7-11-16(14)19-17/h4-11H,12H2,1-3H3. The Morgan fingerprint density at radius 3 is 2.21 bits per heavy atom. The summed E-state index contributed by atoms with van der Waals surface area (Å²) in [6.07, 6.45) is 0.968. The molecule has 0 saturated carbocycles. The van der Waals surface area contributed by atoms with E-state index in [1.54, 1.807) is 0 Å². The van der Waals surface area contributed by atoms with Gasteiger partial charge in [-0.2, -0.15) is 0 Å². The van der Waals surface area contributed by atoms with Crippen LogP contribution in [0.25, 0.3) is 0 Å². The molecule has 0 amide bonds. The van der Waals surface area contributed by atoms with E-state index in [9.17, 15) is 0 Å². The minimum absolute atomic E-state index is 0.0492. The number of hydrogen-bond acceptors (Lipinski definition) is 1. The van der Waals surface area contributed by atoms with Crippen LogP contribution in [0, 0.1) is 5.41 Å². The van der Waals surface area contributed by atoms with Crippen molar-refractivity contribution in [2.75, 3.05) is 0 Å². The van der Waals surface area contributed by atoms with Gasteiger partial charge in [0, 0.05) is 17.4 Å². The van der Waals surface area contributed by atoms with Gasteiger partial charge >= 0.3 is 0 Å². The van der Waals surface area contributed by atoms with E-state index in [1.807, 2.05) is 0 Å². The molecular weight excluding hydrogens is 230 g/mol. The Bertz CT molecular complexity index is 645. The molecule has 0 spiro atoms. The summed E-state index contributed by atoms with van der Waals surface area (Å²) in [7, 11) is 0. The summed E-state index contributed by atoms with van der Waals surface area (Å²) < 4.78 is 0. The lowest BCUT2D eigenvalue weighted by molar-refractivity contribution is 0.592. The van der Waals surface area contributed by atoms with Crippen molar-refractivity contribution in [3.05, 3.63) is 65.2 Å². The van der Waals surface area contributed by atoms with Crippen molar-refractivity contribution in [3.63, 3.8) is 0 Å². The van der Waals surface area contributed by atoms with E-state index < -0.39 is 0 Å². The molecule has 0 aromatic heterocycles. The van der Waals surface area contributed by atoms with E-state index in [0.29, 0.717) is 0 Å². The van der Waals surface area contributed by atoms with Crippen LogP contribution in [0.2, 0.25) is 0 Å². The van der Waals surface area contributed by atoms with Crippen molar-refractivity contribution in [1.29, 1.82) is 0 Å². The molecule has 0 radical (unpaired) electrons. The first-order valence-electron chi connectivity index (χ1n) is 6.81. The smallest absolute Gasteiger partial charge is 0.0668 e. The van der Waals surface area contributed by atoms with E-state index in [4.69, 9.17) is 4.99 Å². The Balaban J connectivity index is 2.29. The predicted octanol–water partition coefficient (Wildman–Crippen LogP) is 4.76. The number of nitrogens with zero attached hydrogens (tertiary/aromatic N) is 1. The van der Waals surface area contributed by atoms with E-state index in [-0.39, 0.29) is 5.41 Å². The summed E-state index contributed by atoms with van der Waals surface area (Å²) in [6.45, 7) is 6.70. The minimum Gasteiger partial charge on any atom is -0.252 e. The minimum atomic E-state index is 0.0492. The summed E-state index contributed by atoms with van der Waals surface area (Å²) in [6, 6.07) is 17.1. The molecule has 1 nitrogen and oxygen atoms in total. The number of aliphatic imine (C=N–C) groups is 1. The van der Waals surface area contributed by atoms with Gasteiger partial charge in [-0.25, -0.2) is 0 Å². The van der Waals surface area contributed by atoms with E-state index in [2.05, 4.69) is 69.3 Å². The lowest BCUT2D eigenvalue weighted by atomic mass is 9.83. The molecule has 1 aliphatic rings. The van der Waals surface area contributed by atoms with Crippen molar-refractivity contribution in [2.45, 2.75) is 27.2 Å². The molecule has 0 bridgehead atoms. The third-order valence-corrected chi connectivity index (χ3v) is 3.59. The number of fused-ring (bicyclic) bond motifs is 2. The average Bonchev–Trinajstić information content (AvgIpc) is 2.54. The monoisotopic (exact) mass is 249 g/mol. The number of para-hydroxylation sites is 1. The highest BCUT2D eigenvalue weighted by molar-refractivity contribution is 6.07. The fourth-order valence-corrected chi connectivity index (χ4v) is 2.63.